The van der Waals surface area contributed by atoms with Gasteiger partial charge in [-0.3, -0.25) is 9.59 Å². The molecule has 29 heavy (non-hydrogen) atoms. The lowest BCUT2D eigenvalue weighted by Gasteiger charge is -2.22. The molecule has 0 radical (unpaired) electrons. The standard InChI is InChI=1S/C22H29N3O4/c1-14-11-20(28-5)21(29-6)12-17(14)13-25(4)15(2)22(27)24-19-9-7-18(8-10-19)23-16(3)26/h7-12,15H,13H2,1-6H3,(H,23,26)(H,24,27)/p+1/t15-/m1/s1. The fourth-order valence-corrected chi connectivity index (χ4v) is 2.98. The number of aryl methyl sites for hydroxylation is 1. The van der Waals surface area contributed by atoms with E-state index >= 15 is 0 Å². The van der Waals surface area contributed by atoms with Crippen LogP contribution in [0.25, 0.3) is 0 Å². The Labute approximate surface area is 172 Å². The zero-order chi connectivity index (χ0) is 21.6. The highest BCUT2D eigenvalue weighted by Gasteiger charge is 2.23. The first-order valence-electron chi connectivity index (χ1n) is 9.47. The van der Waals surface area contributed by atoms with Gasteiger partial charge in [0.15, 0.2) is 17.5 Å². The number of quaternary nitrogens is 1. The van der Waals surface area contributed by atoms with Crippen LogP contribution >= 0.6 is 0 Å². The zero-order valence-electron chi connectivity index (χ0n) is 17.9. The molecular weight excluding hydrogens is 370 g/mol. The first-order chi connectivity index (χ1) is 13.7. The van der Waals surface area contributed by atoms with E-state index in [1.165, 1.54) is 6.92 Å². The van der Waals surface area contributed by atoms with Gasteiger partial charge < -0.3 is 25.0 Å². The summed E-state index contributed by atoms with van der Waals surface area (Å²) < 4.78 is 10.7. The number of carbonyl (C=O) groups excluding carboxylic acids is 2. The average Bonchev–Trinajstić information content (AvgIpc) is 2.69. The summed E-state index contributed by atoms with van der Waals surface area (Å²) in [4.78, 5) is 24.8. The van der Waals surface area contributed by atoms with Crippen LogP contribution in [0.15, 0.2) is 36.4 Å². The highest BCUT2D eigenvalue weighted by molar-refractivity contribution is 5.94. The van der Waals surface area contributed by atoms with Crippen LogP contribution in [-0.4, -0.2) is 39.1 Å². The number of hydrogen-bond donors (Lipinski definition) is 3. The maximum Gasteiger partial charge on any atom is 0.282 e. The highest BCUT2D eigenvalue weighted by atomic mass is 16.5. The summed E-state index contributed by atoms with van der Waals surface area (Å²) in [6.45, 7) is 6.04. The Hall–Kier alpha value is -3.06. The number of ether oxygens (including phenoxy) is 2. The van der Waals surface area contributed by atoms with Crippen LogP contribution in [0.4, 0.5) is 11.4 Å². The van der Waals surface area contributed by atoms with Crippen LogP contribution in [0.3, 0.4) is 0 Å². The van der Waals surface area contributed by atoms with Gasteiger partial charge in [0, 0.05) is 23.9 Å². The number of nitrogens with one attached hydrogen (secondary N) is 3. The van der Waals surface area contributed by atoms with Gasteiger partial charge in [-0.05, 0) is 55.8 Å². The minimum Gasteiger partial charge on any atom is -0.493 e. The molecule has 0 spiro atoms. The van der Waals surface area contributed by atoms with E-state index in [0.717, 1.165) is 16.0 Å². The van der Waals surface area contributed by atoms with Crippen LogP contribution in [0.2, 0.25) is 0 Å². The molecule has 2 atom stereocenters. The molecule has 2 amide bonds. The SMILES string of the molecule is COc1cc(C)c(C[NH+](C)[C@H](C)C(=O)Nc2ccc(NC(C)=O)cc2)cc1OC. The fourth-order valence-electron chi connectivity index (χ4n) is 2.98. The van der Waals surface area contributed by atoms with Crippen molar-refractivity contribution in [3.8, 4) is 11.5 Å². The van der Waals surface area contributed by atoms with Gasteiger partial charge in [0.25, 0.3) is 5.91 Å². The molecule has 1 unspecified atom stereocenters. The maximum absolute atomic E-state index is 12.7. The number of methoxy groups -OCH3 is 2. The summed E-state index contributed by atoms with van der Waals surface area (Å²) in [7, 11) is 5.21. The van der Waals surface area contributed by atoms with Crippen molar-refractivity contribution in [3.63, 3.8) is 0 Å². The molecule has 0 saturated heterocycles. The maximum atomic E-state index is 12.7. The van der Waals surface area contributed by atoms with Gasteiger partial charge >= 0.3 is 0 Å². The second-order valence-corrected chi connectivity index (χ2v) is 7.13. The number of hydrogen-bond acceptors (Lipinski definition) is 4. The number of likely N-dealkylation sites (N-methyl/N-ethyl adjacent to an activating group) is 1. The van der Waals surface area contributed by atoms with Crippen LogP contribution < -0.4 is 25.0 Å². The van der Waals surface area contributed by atoms with Crippen LogP contribution in [-0.2, 0) is 16.1 Å². The van der Waals surface area contributed by atoms with E-state index in [0.29, 0.717) is 29.4 Å². The Bertz CT molecular complexity index is 865. The Morgan fingerprint density at radius 3 is 2.03 bits per heavy atom. The largest absolute Gasteiger partial charge is 0.493 e. The van der Waals surface area contributed by atoms with E-state index in [-0.39, 0.29) is 17.9 Å². The summed E-state index contributed by atoms with van der Waals surface area (Å²) in [5, 5.41) is 5.63. The van der Waals surface area contributed by atoms with Crippen LogP contribution in [0.1, 0.15) is 25.0 Å². The Kier molecular flexibility index (Phi) is 7.61. The zero-order valence-corrected chi connectivity index (χ0v) is 17.9. The average molecular weight is 400 g/mol. The third kappa shape index (κ3) is 5.96. The topological polar surface area (TPSA) is 81.1 Å². The molecule has 0 saturated carbocycles. The summed E-state index contributed by atoms with van der Waals surface area (Å²) in [5.41, 5.74) is 3.56. The molecule has 2 rings (SSSR count). The molecule has 0 fully saturated rings. The van der Waals surface area contributed by atoms with Gasteiger partial charge in [-0.2, -0.15) is 0 Å². The predicted octanol–water partition coefficient (Wildman–Crippen LogP) is 2.01. The van der Waals surface area contributed by atoms with Gasteiger partial charge in [0.05, 0.1) is 21.3 Å². The summed E-state index contributed by atoms with van der Waals surface area (Å²) in [6, 6.07) is 10.7. The Morgan fingerprint density at radius 1 is 1.00 bits per heavy atom. The molecule has 2 aromatic carbocycles. The predicted molar refractivity (Wildman–Crippen MR) is 114 cm³/mol. The normalized spacial score (nSPS) is 12.6. The van der Waals surface area contributed by atoms with E-state index in [2.05, 4.69) is 10.6 Å². The van der Waals surface area contributed by atoms with E-state index in [1.54, 1.807) is 38.5 Å². The molecule has 0 aliphatic carbocycles. The molecule has 0 aliphatic heterocycles. The van der Waals surface area contributed by atoms with Gasteiger partial charge in [0.1, 0.15) is 6.54 Å². The van der Waals surface area contributed by atoms with Gasteiger partial charge in [-0.15, -0.1) is 0 Å². The van der Waals surface area contributed by atoms with Crippen LogP contribution in [0, 0.1) is 6.92 Å². The lowest BCUT2D eigenvalue weighted by Crippen LogP contribution is -3.12. The minimum atomic E-state index is -0.266. The fraction of sp³-hybridized carbons (Fsp3) is 0.364. The van der Waals surface area contributed by atoms with Crippen molar-refractivity contribution in [1.29, 1.82) is 0 Å². The molecule has 156 valence electrons. The van der Waals surface area contributed by atoms with E-state index < -0.39 is 0 Å². The van der Waals surface area contributed by atoms with Crippen molar-refractivity contribution >= 4 is 23.2 Å². The second-order valence-electron chi connectivity index (χ2n) is 7.13. The molecular formula is C22H30N3O4+. The third-order valence-corrected chi connectivity index (χ3v) is 4.92. The number of anilines is 2. The summed E-state index contributed by atoms with van der Waals surface area (Å²) >= 11 is 0. The summed E-state index contributed by atoms with van der Waals surface area (Å²) in [5.74, 6) is 1.16. The van der Waals surface area contributed by atoms with Crippen molar-refractivity contribution in [2.24, 2.45) is 0 Å². The lowest BCUT2D eigenvalue weighted by molar-refractivity contribution is -0.907. The number of rotatable bonds is 8. The minimum absolute atomic E-state index is 0.0760. The summed E-state index contributed by atoms with van der Waals surface area (Å²) in [6.07, 6.45) is 0. The molecule has 7 heteroatoms. The molecule has 0 aliphatic rings. The molecule has 3 N–H and O–H groups in total. The van der Waals surface area contributed by atoms with E-state index in [9.17, 15) is 9.59 Å². The van der Waals surface area contributed by atoms with Gasteiger partial charge in [-0.1, -0.05) is 0 Å². The highest BCUT2D eigenvalue weighted by Crippen LogP contribution is 2.29. The first kappa shape index (κ1) is 22.2. The third-order valence-electron chi connectivity index (χ3n) is 4.92. The molecule has 0 heterocycles. The Balaban J connectivity index is 2.03. The van der Waals surface area contributed by atoms with Gasteiger partial charge in [0.2, 0.25) is 5.91 Å². The van der Waals surface area contributed by atoms with Gasteiger partial charge in [-0.25, -0.2) is 0 Å². The lowest BCUT2D eigenvalue weighted by atomic mass is 10.1. The number of benzene rings is 2. The van der Waals surface area contributed by atoms with E-state index in [1.807, 2.05) is 33.0 Å². The monoisotopic (exact) mass is 400 g/mol. The number of carbonyl (C=O) groups is 2. The smallest absolute Gasteiger partial charge is 0.282 e. The van der Waals surface area contributed by atoms with E-state index in [4.69, 9.17) is 9.47 Å². The van der Waals surface area contributed by atoms with Crippen molar-refractivity contribution in [2.45, 2.75) is 33.4 Å². The number of amides is 2. The van der Waals surface area contributed by atoms with Crippen molar-refractivity contribution in [1.82, 2.24) is 0 Å². The van der Waals surface area contributed by atoms with Crippen LogP contribution in [0.5, 0.6) is 11.5 Å². The van der Waals surface area contributed by atoms with Crippen molar-refractivity contribution < 1.29 is 24.0 Å². The second kappa shape index (κ2) is 9.93. The molecule has 0 bridgehead atoms. The van der Waals surface area contributed by atoms with Crippen molar-refractivity contribution in [3.05, 3.63) is 47.5 Å². The first-order valence-corrected chi connectivity index (χ1v) is 9.47. The molecule has 7 nitrogen and oxygen atoms in total. The van der Waals surface area contributed by atoms with Crippen molar-refractivity contribution in [2.75, 3.05) is 31.9 Å². The molecule has 2 aromatic rings. The quantitative estimate of drug-likeness (QED) is 0.633. The Morgan fingerprint density at radius 2 is 1.52 bits per heavy atom. The molecule has 0 aromatic heterocycles.